The van der Waals surface area contributed by atoms with Crippen molar-refractivity contribution in [1.82, 2.24) is 5.32 Å². The molecular formula is C17H22BrF2N. The van der Waals surface area contributed by atoms with E-state index in [2.05, 4.69) is 28.2 Å². The SMILES string of the molecule is CCCNCC1(Cc2c(F)ccc(Br)c2F)CC2CC2C1. The van der Waals surface area contributed by atoms with Crippen LogP contribution < -0.4 is 5.32 Å². The number of rotatable bonds is 6. The molecule has 0 saturated heterocycles. The predicted molar refractivity (Wildman–Crippen MR) is 84.2 cm³/mol. The summed E-state index contributed by atoms with van der Waals surface area (Å²) in [6.07, 6.45) is 5.13. The van der Waals surface area contributed by atoms with Crippen molar-refractivity contribution in [1.29, 1.82) is 0 Å². The Labute approximate surface area is 133 Å². The maximum atomic E-state index is 14.3. The Morgan fingerprint density at radius 2 is 2.00 bits per heavy atom. The molecule has 1 aromatic rings. The Bertz CT molecular complexity index is 522. The normalized spacial score (nSPS) is 30.5. The number of nitrogens with one attached hydrogen (secondary N) is 1. The molecule has 1 nitrogen and oxygen atoms in total. The lowest BCUT2D eigenvalue weighted by molar-refractivity contribution is 0.243. The molecule has 0 aliphatic heterocycles. The summed E-state index contributed by atoms with van der Waals surface area (Å²) in [6, 6.07) is 2.81. The van der Waals surface area contributed by atoms with E-state index in [-0.39, 0.29) is 11.0 Å². The van der Waals surface area contributed by atoms with Crippen LogP contribution in [-0.4, -0.2) is 13.1 Å². The van der Waals surface area contributed by atoms with Gasteiger partial charge in [-0.1, -0.05) is 6.92 Å². The van der Waals surface area contributed by atoms with E-state index in [4.69, 9.17) is 0 Å². The molecule has 0 spiro atoms. The third kappa shape index (κ3) is 3.16. The van der Waals surface area contributed by atoms with E-state index >= 15 is 0 Å². The van der Waals surface area contributed by atoms with E-state index in [1.807, 2.05) is 0 Å². The standard InChI is InChI=1S/C17H22BrF2N/c1-2-5-21-10-17(7-11-6-12(11)8-17)9-13-15(19)4-3-14(18)16(13)20/h3-4,11-12,21H,2,5-10H2,1H3. The quantitative estimate of drug-likeness (QED) is 0.575. The molecule has 2 aliphatic carbocycles. The van der Waals surface area contributed by atoms with Crippen molar-refractivity contribution >= 4 is 15.9 Å². The van der Waals surface area contributed by atoms with Gasteiger partial charge in [-0.2, -0.15) is 0 Å². The fraction of sp³-hybridized carbons (Fsp3) is 0.647. The van der Waals surface area contributed by atoms with Gasteiger partial charge in [0, 0.05) is 12.1 Å². The Hall–Kier alpha value is -0.480. The lowest BCUT2D eigenvalue weighted by atomic mass is 9.77. The van der Waals surface area contributed by atoms with Gasteiger partial charge < -0.3 is 5.32 Å². The highest BCUT2D eigenvalue weighted by Gasteiger charge is 2.53. The largest absolute Gasteiger partial charge is 0.316 e. The molecule has 1 N–H and O–H groups in total. The molecule has 3 rings (SSSR count). The van der Waals surface area contributed by atoms with Crippen LogP contribution in [0.15, 0.2) is 16.6 Å². The number of benzene rings is 1. The highest BCUT2D eigenvalue weighted by molar-refractivity contribution is 9.10. The monoisotopic (exact) mass is 357 g/mol. The van der Waals surface area contributed by atoms with E-state index in [1.54, 1.807) is 0 Å². The minimum atomic E-state index is -0.426. The second-order valence-corrected chi connectivity index (χ2v) is 7.69. The molecule has 21 heavy (non-hydrogen) atoms. The van der Waals surface area contributed by atoms with Gasteiger partial charge in [0.15, 0.2) is 0 Å². The first-order valence-corrected chi connectivity index (χ1v) is 8.67. The average Bonchev–Trinajstić information content (AvgIpc) is 3.08. The third-order valence-corrected chi connectivity index (χ3v) is 5.69. The number of halogens is 3. The Balaban J connectivity index is 1.80. The Kier molecular flexibility index (Phi) is 4.37. The van der Waals surface area contributed by atoms with Crippen LogP contribution in [0.5, 0.6) is 0 Å². The first-order valence-electron chi connectivity index (χ1n) is 7.88. The fourth-order valence-corrected chi connectivity index (χ4v) is 4.37. The van der Waals surface area contributed by atoms with Crippen molar-refractivity contribution in [3.05, 3.63) is 33.8 Å². The minimum Gasteiger partial charge on any atom is -0.316 e. The summed E-state index contributed by atoms with van der Waals surface area (Å²) in [7, 11) is 0. The van der Waals surface area contributed by atoms with Crippen LogP contribution in [0, 0.1) is 28.9 Å². The smallest absolute Gasteiger partial charge is 0.143 e. The molecule has 116 valence electrons. The molecule has 2 aliphatic rings. The molecular weight excluding hydrogens is 336 g/mol. The summed E-state index contributed by atoms with van der Waals surface area (Å²) in [5.74, 6) is 0.759. The molecule has 2 fully saturated rings. The fourth-order valence-electron chi connectivity index (χ4n) is 3.99. The first-order chi connectivity index (χ1) is 10.0. The average molecular weight is 358 g/mol. The molecule has 2 unspecified atom stereocenters. The van der Waals surface area contributed by atoms with Crippen molar-refractivity contribution < 1.29 is 8.78 Å². The molecule has 2 atom stereocenters. The molecule has 2 saturated carbocycles. The van der Waals surface area contributed by atoms with E-state index in [0.29, 0.717) is 10.9 Å². The molecule has 1 aromatic carbocycles. The van der Waals surface area contributed by atoms with E-state index in [9.17, 15) is 8.78 Å². The van der Waals surface area contributed by atoms with Crippen molar-refractivity contribution in [2.45, 2.75) is 39.0 Å². The van der Waals surface area contributed by atoms with E-state index in [1.165, 1.54) is 18.6 Å². The zero-order valence-electron chi connectivity index (χ0n) is 12.4. The van der Waals surface area contributed by atoms with Gasteiger partial charge in [0.2, 0.25) is 0 Å². The number of hydrogen-bond donors (Lipinski definition) is 1. The zero-order chi connectivity index (χ0) is 15.0. The van der Waals surface area contributed by atoms with Crippen LogP contribution in [0.25, 0.3) is 0 Å². The maximum absolute atomic E-state index is 14.3. The zero-order valence-corrected chi connectivity index (χ0v) is 14.0. The molecule has 0 amide bonds. The van der Waals surface area contributed by atoms with Crippen molar-refractivity contribution in [3.8, 4) is 0 Å². The second kappa shape index (κ2) is 5.96. The van der Waals surface area contributed by atoms with Crippen molar-refractivity contribution in [2.75, 3.05) is 13.1 Å². The van der Waals surface area contributed by atoms with Crippen LogP contribution in [0.4, 0.5) is 8.78 Å². The molecule has 0 heterocycles. The minimum absolute atomic E-state index is 0.0330. The highest BCUT2D eigenvalue weighted by Crippen LogP contribution is 2.60. The van der Waals surface area contributed by atoms with Crippen molar-refractivity contribution in [2.24, 2.45) is 17.3 Å². The summed E-state index contributed by atoms with van der Waals surface area (Å²) >= 11 is 3.17. The van der Waals surface area contributed by atoms with Gasteiger partial charge >= 0.3 is 0 Å². The van der Waals surface area contributed by atoms with Crippen molar-refractivity contribution in [3.63, 3.8) is 0 Å². The van der Waals surface area contributed by atoms with Gasteiger partial charge in [-0.3, -0.25) is 0 Å². The summed E-state index contributed by atoms with van der Waals surface area (Å²) < 4.78 is 28.7. The van der Waals surface area contributed by atoms with Crippen LogP contribution in [0.3, 0.4) is 0 Å². The summed E-state index contributed by atoms with van der Waals surface area (Å²) in [5, 5.41) is 3.48. The summed E-state index contributed by atoms with van der Waals surface area (Å²) in [6.45, 7) is 3.99. The maximum Gasteiger partial charge on any atom is 0.143 e. The van der Waals surface area contributed by atoms with Gasteiger partial charge in [0.25, 0.3) is 0 Å². The summed E-state index contributed by atoms with van der Waals surface area (Å²) in [5.41, 5.74) is 0.287. The Morgan fingerprint density at radius 3 is 2.67 bits per heavy atom. The molecule has 0 radical (unpaired) electrons. The summed E-state index contributed by atoms with van der Waals surface area (Å²) in [4.78, 5) is 0. The first kappa shape index (κ1) is 15.4. The predicted octanol–water partition coefficient (Wildman–Crippen LogP) is 4.69. The van der Waals surface area contributed by atoms with Crippen LogP contribution in [0.2, 0.25) is 0 Å². The molecule has 0 aromatic heterocycles. The number of fused-ring (bicyclic) bond motifs is 1. The van der Waals surface area contributed by atoms with Crippen LogP contribution in [0.1, 0.15) is 38.2 Å². The van der Waals surface area contributed by atoms with Gasteiger partial charge in [0.1, 0.15) is 11.6 Å². The van der Waals surface area contributed by atoms with Gasteiger partial charge in [-0.15, -0.1) is 0 Å². The number of hydrogen-bond acceptors (Lipinski definition) is 1. The van der Waals surface area contributed by atoms with E-state index in [0.717, 1.165) is 44.2 Å². The lowest BCUT2D eigenvalue weighted by Crippen LogP contribution is -2.36. The highest BCUT2D eigenvalue weighted by atomic mass is 79.9. The van der Waals surface area contributed by atoms with Gasteiger partial charge in [-0.05, 0) is 84.0 Å². The van der Waals surface area contributed by atoms with Gasteiger partial charge in [0.05, 0.1) is 4.47 Å². The van der Waals surface area contributed by atoms with Crippen LogP contribution >= 0.6 is 15.9 Å². The Morgan fingerprint density at radius 1 is 1.29 bits per heavy atom. The topological polar surface area (TPSA) is 12.0 Å². The molecule has 0 bridgehead atoms. The third-order valence-electron chi connectivity index (χ3n) is 5.08. The molecule has 4 heteroatoms. The van der Waals surface area contributed by atoms with E-state index < -0.39 is 11.6 Å². The van der Waals surface area contributed by atoms with Gasteiger partial charge in [-0.25, -0.2) is 8.78 Å². The second-order valence-electron chi connectivity index (χ2n) is 6.84. The lowest BCUT2D eigenvalue weighted by Gasteiger charge is -2.32. The van der Waals surface area contributed by atoms with Crippen LogP contribution in [-0.2, 0) is 6.42 Å².